The van der Waals surface area contributed by atoms with Gasteiger partial charge in [-0.15, -0.1) is 0 Å². The Morgan fingerprint density at radius 2 is 2.38 bits per heavy atom. The minimum absolute atomic E-state index is 0.268. The van der Waals surface area contributed by atoms with E-state index in [4.69, 9.17) is 10.5 Å². The van der Waals surface area contributed by atoms with E-state index in [1.54, 1.807) is 12.1 Å². The largest absolute Gasteiger partial charge is 0.477 e. The van der Waals surface area contributed by atoms with Gasteiger partial charge in [0.25, 0.3) is 5.91 Å². The first-order valence-electron chi connectivity index (χ1n) is 3.74. The van der Waals surface area contributed by atoms with Crippen molar-refractivity contribution in [3.63, 3.8) is 0 Å². The monoisotopic (exact) mass is 244 g/mol. The molecule has 1 rings (SSSR count). The van der Waals surface area contributed by atoms with Crippen molar-refractivity contribution in [3.05, 3.63) is 22.3 Å². The number of aromatic nitrogens is 1. The Kier molecular flexibility index (Phi) is 3.25. The Labute approximate surface area is 84.2 Å². The van der Waals surface area contributed by atoms with E-state index in [1.165, 1.54) is 0 Å². The second-order valence-corrected chi connectivity index (χ2v) is 3.10. The Morgan fingerprint density at radius 1 is 1.69 bits per heavy atom. The minimum atomic E-state index is -0.538. The molecule has 5 heteroatoms. The molecule has 0 saturated heterocycles. The fourth-order valence-corrected chi connectivity index (χ4v) is 1.15. The molecule has 0 atom stereocenters. The van der Waals surface area contributed by atoms with Gasteiger partial charge in [-0.25, -0.2) is 4.98 Å². The van der Waals surface area contributed by atoms with Gasteiger partial charge in [-0.2, -0.15) is 0 Å². The lowest BCUT2D eigenvalue weighted by Crippen LogP contribution is -2.13. The fraction of sp³-hybridized carbons (Fsp3) is 0.250. The molecule has 4 nitrogen and oxygen atoms in total. The summed E-state index contributed by atoms with van der Waals surface area (Å²) in [5.41, 5.74) is 5.42. The molecule has 2 N–H and O–H groups in total. The van der Waals surface area contributed by atoms with Crippen LogP contribution in [0.15, 0.2) is 16.7 Å². The van der Waals surface area contributed by atoms with Crippen LogP contribution >= 0.6 is 15.9 Å². The third kappa shape index (κ3) is 2.42. The lowest BCUT2D eigenvalue weighted by Gasteiger charge is -2.05. The summed E-state index contributed by atoms with van der Waals surface area (Å²) >= 11 is 3.17. The maximum absolute atomic E-state index is 10.9. The quantitative estimate of drug-likeness (QED) is 0.817. The topological polar surface area (TPSA) is 65.2 Å². The van der Waals surface area contributed by atoms with Crippen molar-refractivity contribution in [2.45, 2.75) is 6.92 Å². The van der Waals surface area contributed by atoms with E-state index < -0.39 is 5.91 Å². The van der Waals surface area contributed by atoms with Gasteiger partial charge < -0.3 is 10.5 Å². The molecule has 0 bridgehead atoms. The number of carbonyl (C=O) groups excluding carboxylic acids is 1. The molecule has 70 valence electrons. The predicted octanol–water partition coefficient (Wildman–Crippen LogP) is 1.34. The van der Waals surface area contributed by atoms with Gasteiger partial charge in [-0.05, 0) is 35.0 Å². The Morgan fingerprint density at radius 3 is 2.92 bits per heavy atom. The van der Waals surface area contributed by atoms with Crippen LogP contribution in [0, 0.1) is 0 Å². The van der Waals surface area contributed by atoms with Crippen LogP contribution in [0.25, 0.3) is 0 Å². The van der Waals surface area contributed by atoms with Crippen LogP contribution in [0.1, 0.15) is 17.3 Å². The van der Waals surface area contributed by atoms with Crippen LogP contribution in [0.2, 0.25) is 0 Å². The minimum Gasteiger partial charge on any atom is -0.477 e. The average Bonchev–Trinajstić information content (AvgIpc) is 2.04. The molecule has 0 fully saturated rings. The molecular formula is C8H9BrN2O2. The highest BCUT2D eigenvalue weighted by Crippen LogP contribution is 2.18. The summed E-state index contributed by atoms with van der Waals surface area (Å²) in [7, 11) is 0. The van der Waals surface area contributed by atoms with Crippen molar-refractivity contribution in [1.29, 1.82) is 0 Å². The highest BCUT2D eigenvalue weighted by atomic mass is 79.9. The van der Waals surface area contributed by atoms with E-state index in [0.29, 0.717) is 16.8 Å². The normalized spacial score (nSPS) is 9.69. The number of hydrogen-bond donors (Lipinski definition) is 1. The van der Waals surface area contributed by atoms with Crippen molar-refractivity contribution in [3.8, 4) is 5.88 Å². The smallest absolute Gasteiger partial charge is 0.254 e. The van der Waals surface area contributed by atoms with Gasteiger partial charge in [0.2, 0.25) is 5.88 Å². The molecule has 1 aromatic rings. The van der Waals surface area contributed by atoms with Crippen molar-refractivity contribution in [2.24, 2.45) is 5.73 Å². The van der Waals surface area contributed by atoms with E-state index in [0.717, 1.165) is 0 Å². The number of primary amides is 1. The summed E-state index contributed by atoms with van der Waals surface area (Å²) in [6.45, 7) is 2.26. The van der Waals surface area contributed by atoms with Crippen molar-refractivity contribution in [1.82, 2.24) is 4.98 Å². The highest BCUT2D eigenvalue weighted by molar-refractivity contribution is 9.10. The third-order valence-electron chi connectivity index (χ3n) is 1.37. The predicted molar refractivity (Wildman–Crippen MR) is 51.6 cm³/mol. The van der Waals surface area contributed by atoms with E-state index in [1.807, 2.05) is 6.92 Å². The molecule has 1 amide bonds. The number of rotatable bonds is 3. The molecule has 0 aliphatic carbocycles. The molecule has 0 unspecified atom stereocenters. The SMILES string of the molecule is CCOc1nc(Br)ccc1C(N)=O. The fourth-order valence-electron chi connectivity index (χ4n) is 0.852. The molecule has 0 saturated carbocycles. The van der Waals surface area contributed by atoms with Gasteiger partial charge in [0.1, 0.15) is 10.2 Å². The first kappa shape index (κ1) is 9.98. The molecule has 0 aliphatic rings. The van der Waals surface area contributed by atoms with Gasteiger partial charge in [0.15, 0.2) is 0 Å². The molecule has 0 aliphatic heterocycles. The van der Waals surface area contributed by atoms with Crippen molar-refractivity contribution >= 4 is 21.8 Å². The van der Waals surface area contributed by atoms with Gasteiger partial charge in [0, 0.05) is 0 Å². The maximum atomic E-state index is 10.9. The zero-order chi connectivity index (χ0) is 9.84. The van der Waals surface area contributed by atoms with Crippen LogP contribution in [-0.4, -0.2) is 17.5 Å². The van der Waals surface area contributed by atoms with Crippen molar-refractivity contribution < 1.29 is 9.53 Å². The summed E-state index contributed by atoms with van der Waals surface area (Å²) in [6.07, 6.45) is 0. The molecule has 0 spiro atoms. The standard InChI is InChI=1S/C8H9BrN2O2/c1-2-13-8-5(7(10)12)3-4-6(9)11-8/h3-4H,2H2,1H3,(H2,10,12). The molecule has 1 heterocycles. The lowest BCUT2D eigenvalue weighted by molar-refractivity contribution is 0.0995. The van der Waals surface area contributed by atoms with E-state index in [-0.39, 0.29) is 5.88 Å². The number of nitrogens with zero attached hydrogens (tertiary/aromatic N) is 1. The Hall–Kier alpha value is -1.10. The zero-order valence-electron chi connectivity index (χ0n) is 7.08. The highest BCUT2D eigenvalue weighted by Gasteiger charge is 2.10. The van der Waals surface area contributed by atoms with Crippen molar-refractivity contribution in [2.75, 3.05) is 6.61 Å². The molecule has 0 aromatic carbocycles. The van der Waals surface area contributed by atoms with E-state index >= 15 is 0 Å². The van der Waals surface area contributed by atoms with E-state index in [9.17, 15) is 4.79 Å². The number of carbonyl (C=O) groups is 1. The molecular weight excluding hydrogens is 236 g/mol. The average molecular weight is 245 g/mol. The first-order chi connectivity index (χ1) is 6.15. The Bertz CT molecular complexity index is 328. The summed E-state index contributed by atoms with van der Waals surface area (Å²) in [5, 5.41) is 0. The van der Waals surface area contributed by atoms with Gasteiger partial charge in [0.05, 0.1) is 6.61 Å². The van der Waals surface area contributed by atoms with Gasteiger partial charge in [-0.1, -0.05) is 0 Å². The van der Waals surface area contributed by atoms with Crippen LogP contribution < -0.4 is 10.5 Å². The number of nitrogens with two attached hydrogens (primary N) is 1. The van der Waals surface area contributed by atoms with Crippen LogP contribution in [0.5, 0.6) is 5.88 Å². The maximum Gasteiger partial charge on any atom is 0.254 e. The lowest BCUT2D eigenvalue weighted by atomic mass is 10.2. The third-order valence-corrected chi connectivity index (χ3v) is 1.81. The van der Waals surface area contributed by atoms with Crippen LogP contribution in [0.4, 0.5) is 0 Å². The Balaban J connectivity index is 3.10. The first-order valence-corrected chi connectivity index (χ1v) is 4.53. The summed E-state index contributed by atoms with van der Waals surface area (Å²) in [6, 6.07) is 3.22. The number of ether oxygens (including phenoxy) is 1. The summed E-state index contributed by atoms with van der Waals surface area (Å²) < 4.78 is 5.75. The number of amides is 1. The number of halogens is 1. The second-order valence-electron chi connectivity index (χ2n) is 2.28. The zero-order valence-corrected chi connectivity index (χ0v) is 8.67. The number of pyridine rings is 1. The van der Waals surface area contributed by atoms with Gasteiger partial charge in [-0.3, -0.25) is 4.79 Å². The second kappa shape index (κ2) is 4.23. The summed E-state index contributed by atoms with van der Waals surface area (Å²) in [5.74, 6) is -0.271. The van der Waals surface area contributed by atoms with E-state index in [2.05, 4.69) is 20.9 Å². The van der Waals surface area contributed by atoms with Crippen LogP contribution in [0.3, 0.4) is 0 Å². The summed E-state index contributed by atoms with van der Waals surface area (Å²) in [4.78, 5) is 14.9. The van der Waals surface area contributed by atoms with Gasteiger partial charge >= 0.3 is 0 Å². The molecule has 1 aromatic heterocycles. The number of hydrogen-bond acceptors (Lipinski definition) is 3. The van der Waals surface area contributed by atoms with Crippen LogP contribution in [-0.2, 0) is 0 Å². The molecule has 13 heavy (non-hydrogen) atoms. The molecule has 0 radical (unpaired) electrons.